The molecule has 2 saturated heterocycles. The van der Waals surface area contributed by atoms with E-state index in [4.69, 9.17) is 4.98 Å². The summed E-state index contributed by atoms with van der Waals surface area (Å²) in [5.74, 6) is 3.49. The molecule has 0 amide bonds. The molecular formula is C23H29N7O. The molecule has 8 nitrogen and oxygen atoms in total. The van der Waals surface area contributed by atoms with Crippen LogP contribution in [0.2, 0.25) is 0 Å². The molecule has 0 unspecified atom stereocenters. The molecule has 0 spiro atoms. The summed E-state index contributed by atoms with van der Waals surface area (Å²) in [6, 6.07) is 3.96. The zero-order chi connectivity index (χ0) is 21.4. The minimum atomic E-state index is -0.276. The van der Waals surface area contributed by atoms with Crippen LogP contribution in [-0.4, -0.2) is 57.3 Å². The van der Waals surface area contributed by atoms with Crippen molar-refractivity contribution in [2.45, 2.75) is 45.1 Å². The van der Waals surface area contributed by atoms with Crippen LogP contribution in [0.15, 0.2) is 30.7 Å². The van der Waals surface area contributed by atoms with Crippen molar-refractivity contribution in [1.29, 1.82) is 0 Å². The van der Waals surface area contributed by atoms with E-state index in [9.17, 15) is 5.11 Å². The molecule has 31 heavy (non-hydrogen) atoms. The zero-order valence-electron chi connectivity index (χ0n) is 18.1. The maximum Gasteiger partial charge on any atom is 0.227 e. The van der Waals surface area contributed by atoms with Gasteiger partial charge in [0.25, 0.3) is 0 Å². The van der Waals surface area contributed by atoms with Crippen molar-refractivity contribution < 1.29 is 5.11 Å². The van der Waals surface area contributed by atoms with Crippen LogP contribution in [-0.2, 0) is 0 Å². The minimum absolute atomic E-state index is 0.276. The molecule has 5 heterocycles. The predicted molar refractivity (Wildman–Crippen MR) is 123 cm³/mol. The van der Waals surface area contributed by atoms with Gasteiger partial charge in [-0.15, -0.1) is 0 Å². The van der Waals surface area contributed by atoms with Crippen LogP contribution in [0.25, 0.3) is 10.8 Å². The number of piperidine rings is 1. The number of hydrogen-bond acceptors (Lipinski definition) is 8. The highest BCUT2D eigenvalue weighted by atomic mass is 16.3. The number of anilines is 4. The molecule has 5 rings (SSSR count). The molecule has 0 atom stereocenters. The summed E-state index contributed by atoms with van der Waals surface area (Å²) < 4.78 is 0. The highest BCUT2D eigenvalue weighted by Gasteiger charge is 2.27. The van der Waals surface area contributed by atoms with Crippen LogP contribution in [0.4, 0.5) is 23.4 Å². The van der Waals surface area contributed by atoms with E-state index in [2.05, 4.69) is 50.0 Å². The molecule has 0 aromatic carbocycles. The second kappa shape index (κ2) is 8.26. The van der Waals surface area contributed by atoms with Crippen LogP contribution in [0.1, 0.15) is 44.6 Å². The van der Waals surface area contributed by atoms with Crippen LogP contribution < -0.4 is 15.1 Å². The van der Waals surface area contributed by atoms with E-state index < -0.39 is 0 Å². The van der Waals surface area contributed by atoms with Gasteiger partial charge in [-0.3, -0.25) is 0 Å². The van der Waals surface area contributed by atoms with Gasteiger partial charge in [0.2, 0.25) is 5.95 Å². The van der Waals surface area contributed by atoms with E-state index in [-0.39, 0.29) is 6.10 Å². The Labute approximate surface area is 182 Å². The lowest BCUT2D eigenvalue weighted by Gasteiger charge is -2.37. The van der Waals surface area contributed by atoms with E-state index in [0.29, 0.717) is 19.0 Å². The van der Waals surface area contributed by atoms with Gasteiger partial charge < -0.3 is 20.2 Å². The summed E-state index contributed by atoms with van der Waals surface area (Å²) in [7, 11) is 0. The smallest absolute Gasteiger partial charge is 0.227 e. The summed E-state index contributed by atoms with van der Waals surface area (Å²) in [6.45, 7) is 7.60. The third-order valence-electron chi connectivity index (χ3n) is 6.10. The van der Waals surface area contributed by atoms with Crippen molar-refractivity contribution >= 4 is 34.2 Å². The van der Waals surface area contributed by atoms with Crippen molar-refractivity contribution in [3.05, 3.63) is 36.3 Å². The third kappa shape index (κ3) is 3.99. The van der Waals surface area contributed by atoms with Crippen LogP contribution in [0.5, 0.6) is 0 Å². The highest BCUT2D eigenvalue weighted by molar-refractivity contribution is 5.96. The van der Waals surface area contributed by atoms with Crippen LogP contribution in [0, 0.1) is 0 Å². The van der Waals surface area contributed by atoms with E-state index >= 15 is 0 Å². The fourth-order valence-electron chi connectivity index (χ4n) is 4.35. The molecule has 3 aromatic rings. The summed E-state index contributed by atoms with van der Waals surface area (Å²) >= 11 is 0. The molecule has 8 heteroatoms. The SMILES string of the molecule is CC(C)c1cnc(N2CC(O)C2)c2cnc(Nc3ccnc(N4CCCCC4)n3)cc12. The summed E-state index contributed by atoms with van der Waals surface area (Å²) in [5, 5.41) is 15.2. The quantitative estimate of drug-likeness (QED) is 0.650. The van der Waals surface area contributed by atoms with Crippen LogP contribution in [0.3, 0.4) is 0 Å². The van der Waals surface area contributed by atoms with Gasteiger partial charge in [-0.25, -0.2) is 15.0 Å². The molecular weight excluding hydrogens is 390 g/mol. The largest absolute Gasteiger partial charge is 0.389 e. The number of nitrogens with zero attached hydrogens (tertiary/aromatic N) is 6. The molecule has 3 aromatic heterocycles. The van der Waals surface area contributed by atoms with E-state index in [1.807, 2.05) is 18.5 Å². The standard InChI is InChI=1S/C23H29N7O/c1-15(2)18-11-26-22(30-13-16(31)14-30)19-12-25-21(10-17(18)19)27-20-6-7-24-23(28-20)29-8-4-3-5-9-29/h6-7,10-12,15-16,31H,3-5,8-9,13-14H2,1-2H3,(H,24,25,27,28). The first-order valence-corrected chi connectivity index (χ1v) is 11.1. The summed E-state index contributed by atoms with van der Waals surface area (Å²) in [6.07, 6.45) is 9.02. The number of pyridine rings is 2. The first-order valence-electron chi connectivity index (χ1n) is 11.1. The number of β-amino-alcohol motifs (C(OH)–C–C–N with tert-alkyl or cyclic N) is 1. The molecule has 0 radical (unpaired) electrons. The molecule has 0 aliphatic carbocycles. The van der Waals surface area contributed by atoms with Gasteiger partial charge in [-0.05, 0) is 48.3 Å². The topological polar surface area (TPSA) is 90.3 Å². The van der Waals surface area contributed by atoms with E-state index in [0.717, 1.165) is 47.3 Å². The Balaban J connectivity index is 1.46. The predicted octanol–water partition coefficient (Wildman–Crippen LogP) is 3.46. The first kappa shape index (κ1) is 19.9. The molecule has 162 valence electrons. The highest BCUT2D eigenvalue weighted by Crippen LogP contribution is 2.34. The van der Waals surface area contributed by atoms with Gasteiger partial charge in [-0.1, -0.05) is 13.8 Å². The lowest BCUT2D eigenvalue weighted by molar-refractivity contribution is 0.141. The lowest BCUT2D eigenvalue weighted by atomic mass is 9.98. The van der Waals surface area contributed by atoms with Crippen molar-refractivity contribution in [2.75, 3.05) is 41.3 Å². The minimum Gasteiger partial charge on any atom is -0.389 e. The Bertz CT molecular complexity index is 1070. The Morgan fingerprint density at radius 1 is 0.968 bits per heavy atom. The Kier molecular flexibility index (Phi) is 5.31. The Morgan fingerprint density at radius 2 is 1.77 bits per heavy atom. The van der Waals surface area contributed by atoms with Gasteiger partial charge in [0, 0.05) is 50.2 Å². The number of aliphatic hydroxyl groups is 1. The molecule has 2 N–H and O–H groups in total. The second-order valence-electron chi connectivity index (χ2n) is 8.78. The van der Waals surface area contributed by atoms with Gasteiger partial charge in [0.15, 0.2) is 0 Å². The van der Waals surface area contributed by atoms with Crippen LogP contribution >= 0.6 is 0 Å². The third-order valence-corrected chi connectivity index (χ3v) is 6.10. The second-order valence-corrected chi connectivity index (χ2v) is 8.78. The number of rotatable bonds is 5. The summed E-state index contributed by atoms with van der Waals surface area (Å²) in [4.78, 5) is 22.9. The van der Waals surface area contributed by atoms with Gasteiger partial charge in [0.1, 0.15) is 17.5 Å². The van der Waals surface area contributed by atoms with Crippen molar-refractivity contribution in [3.8, 4) is 0 Å². The van der Waals surface area contributed by atoms with Crippen molar-refractivity contribution in [1.82, 2.24) is 19.9 Å². The van der Waals surface area contributed by atoms with E-state index in [1.165, 1.54) is 24.8 Å². The zero-order valence-corrected chi connectivity index (χ0v) is 18.1. The molecule has 0 saturated carbocycles. The van der Waals surface area contributed by atoms with Crippen molar-refractivity contribution in [2.24, 2.45) is 0 Å². The number of aromatic nitrogens is 4. The molecule has 0 bridgehead atoms. The van der Waals surface area contributed by atoms with Gasteiger partial charge in [0.05, 0.1) is 6.10 Å². The summed E-state index contributed by atoms with van der Waals surface area (Å²) in [5.41, 5.74) is 1.18. The lowest BCUT2D eigenvalue weighted by Crippen LogP contribution is -2.51. The number of aliphatic hydroxyl groups excluding tert-OH is 1. The molecule has 2 aliphatic heterocycles. The maximum absolute atomic E-state index is 9.71. The average Bonchev–Trinajstić information content (AvgIpc) is 2.77. The number of nitrogens with one attached hydrogen (secondary N) is 1. The van der Waals surface area contributed by atoms with Crippen molar-refractivity contribution in [3.63, 3.8) is 0 Å². The maximum atomic E-state index is 9.71. The normalized spacial score (nSPS) is 17.3. The van der Waals surface area contributed by atoms with Gasteiger partial charge >= 0.3 is 0 Å². The van der Waals surface area contributed by atoms with Gasteiger partial charge in [-0.2, -0.15) is 4.98 Å². The number of hydrogen-bond donors (Lipinski definition) is 2. The Hall–Kier alpha value is -3.00. The first-order chi connectivity index (χ1) is 15.1. The van der Waals surface area contributed by atoms with E-state index in [1.54, 1.807) is 6.20 Å². The average molecular weight is 420 g/mol. The number of fused-ring (bicyclic) bond motifs is 1. The fourth-order valence-corrected chi connectivity index (χ4v) is 4.35. The fraction of sp³-hybridized carbons (Fsp3) is 0.478. The molecule has 2 aliphatic rings. The monoisotopic (exact) mass is 419 g/mol. The molecule has 2 fully saturated rings. The Morgan fingerprint density at radius 3 is 2.52 bits per heavy atom.